The largest absolute Gasteiger partial charge is 0.481 e. The molecule has 0 spiro atoms. The van der Waals surface area contributed by atoms with Gasteiger partial charge in [-0.15, -0.1) is 0 Å². The highest BCUT2D eigenvalue weighted by molar-refractivity contribution is 6.43. The second-order valence-electron chi connectivity index (χ2n) is 5.83. The number of hydrogen-bond acceptors (Lipinski definition) is 3. The lowest BCUT2D eigenvalue weighted by Gasteiger charge is -2.32. The van der Waals surface area contributed by atoms with Crippen LogP contribution in [0.3, 0.4) is 0 Å². The molecule has 1 saturated heterocycles. The third-order valence-electron chi connectivity index (χ3n) is 3.96. The highest BCUT2D eigenvalue weighted by Gasteiger charge is 2.22. The number of aliphatic carboxylic acids is 1. The van der Waals surface area contributed by atoms with Gasteiger partial charge in [0.05, 0.1) is 22.3 Å². The Labute approximate surface area is 145 Å². The van der Waals surface area contributed by atoms with Crippen molar-refractivity contribution in [1.29, 1.82) is 0 Å². The molecule has 1 aromatic rings. The molecule has 1 aromatic carbocycles. The standard InChI is InChI=1S/C16H20Cl2N2O3/c17-12-4-1-5-13(16(12)18)19-14(21)10-20-8-2-3-11(9-20)6-7-15(22)23/h1,4-5,11H,2-3,6-10H2,(H,19,21)(H,22,23). The fraction of sp³-hybridized carbons (Fsp3) is 0.500. The Morgan fingerprint density at radius 2 is 2.13 bits per heavy atom. The molecule has 1 unspecified atom stereocenters. The summed E-state index contributed by atoms with van der Waals surface area (Å²) < 4.78 is 0. The van der Waals surface area contributed by atoms with Gasteiger partial charge >= 0.3 is 5.97 Å². The van der Waals surface area contributed by atoms with E-state index in [1.165, 1.54) is 0 Å². The predicted molar refractivity (Wildman–Crippen MR) is 91.1 cm³/mol. The molecule has 1 atom stereocenters. The molecule has 0 aliphatic carbocycles. The van der Waals surface area contributed by atoms with Crippen LogP contribution in [0, 0.1) is 5.92 Å². The van der Waals surface area contributed by atoms with Crippen LogP contribution in [-0.4, -0.2) is 41.5 Å². The molecular formula is C16H20Cl2N2O3. The van der Waals surface area contributed by atoms with E-state index in [0.717, 1.165) is 25.9 Å². The summed E-state index contributed by atoms with van der Waals surface area (Å²) in [5.41, 5.74) is 0.503. The first-order valence-electron chi connectivity index (χ1n) is 7.63. The van der Waals surface area contributed by atoms with E-state index in [0.29, 0.717) is 28.1 Å². The molecule has 23 heavy (non-hydrogen) atoms. The third kappa shape index (κ3) is 5.68. The van der Waals surface area contributed by atoms with Gasteiger partial charge in [0.2, 0.25) is 5.91 Å². The first kappa shape index (κ1) is 18.0. The van der Waals surface area contributed by atoms with E-state index >= 15 is 0 Å². The topological polar surface area (TPSA) is 69.6 Å². The van der Waals surface area contributed by atoms with E-state index in [1.807, 2.05) is 0 Å². The van der Waals surface area contributed by atoms with Crippen molar-refractivity contribution in [1.82, 2.24) is 4.90 Å². The monoisotopic (exact) mass is 358 g/mol. The van der Waals surface area contributed by atoms with Crippen LogP contribution in [0.5, 0.6) is 0 Å². The van der Waals surface area contributed by atoms with Crippen LogP contribution in [0.4, 0.5) is 5.69 Å². The Kier molecular flexibility index (Phi) is 6.69. The minimum Gasteiger partial charge on any atom is -0.481 e. The van der Waals surface area contributed by atoms with Gasteiger partial charge in [-0.3, -0.25) is 14.5 Å². The van der Waals surface area contributed by atoms with Gasteiger partial charge < -0.3 is 10.4 Å². The maximum absolute atomic E-state index is 12.2. The Morgan fingerprint density at radius 3 is 2.87 bits per heavy atom. The molecule has 1 aliphatic heterocycles. The number of nitrogens with one attached hydrogen (secondary N) is 1. The van der Waals surface area contributed by atoms with E-state index in [4.69, 9.17) is 28.3 Å². The van der Waals surface area contributed by atoms with Gasteiger partial charge in [0.15, 0.2) is 0 Å². The van der Waals surface area contributed by atoms with Crippen molar-refractivity contribution in [3.63, 3.8) is 0 Å². The fourth-order valence-electron chi connectivity index (χ4n) is 2.85. The minimum absolute atomic E-state index is 0.145. The molecule has 126 valence electrons. The van der Waals surface area contributed by atoms with E-state index in [-0.39, 0.29) is 18.9 Å². The molecule has 0 saturated carbocycles. The second kappa shape index (κ2) is 8.52. The number of nitrogens with zero attached hydrogens (tertiary/aromatic N) is 1. The molecule has 7 heteroatoms. The van der Waals surface area contributed by atoms with Gasteiger partial charge in [0, 0.05) is 13.0 Å². The first-order chi connectivity index (χ1) is 11.0. The molecule has 2 N–H and O–H groups in total. The zero-order valence-electron chi connectivity index (χ0n) is 12.7. The quantitative estimate of drug-likeness (QED) is 0.816. The molecular weight excluding hydrogens is 339 g/mol. The average molecular weight is 359 g/mol. The SMILES string of the molecule is O=C(O)CCC1CCCN(CC(=O)Nc2cccc(Cl)c2Cl)C1. The molecule has 0 aromatic heterocycles. The lowest BCUT2D eigenvalue weighted by atomic mass is 9.93. The van der Waals surface area contributed by atoms with Crippen molar-refractivity contribution < 1.29 is 14.7 Å². The number of benzene rings is 1. The van der Waals surface area contributed by atoms with Crippen LogP contribution in [0.2, 0.25) is 10.0 Å². The molecule has 2 rings (SSSR count). The Balaban J connectivity index is 1.84. The summed E-state index contributed by atoms with van der Waals surface area (Å²) in [4.78, 5) is 24.9. The van der Waals surface area contributed by atoms with Gasteiger partial charge in [0.1, 0.15) is 0 Å². The first-order valence-corrected chi connectivity index (χ1v) is 8.39. The Hall–Kier alpha value is -1.30. The number of carboxylic acid groups (broad SMARTS) is 1. The molecule has 1 heterocycles. The summed E-state index contributed by atoms with van der Waals surface area (Å²) in [6.45, 7) is 1.87. The van der Waals surface area contributed by atoms with E-state index in [2.05, 4.69) is 10.2 Å². The van der Waals surface area contributed by atoms with Crippen LogP contribution >= 0.6 is 23.2 Å². The number of carbonyl (C=O) groups excluding carboxylic acids is 1. The summed E-state index contributed by atoms with van der Waals surface area (Å²) in [5.74, 6) is -0.578. The van der Waals surface area contributed by atoms with Gasteiger partial charge in [-0.2, -0.15) is 0 Å². The summed E-state index contributed by atoms with van der Waals surface area (Å²) >= 11 is 12.0. The van der Waals surface area contributed by atoms with Crippen molar-refractivity contribution in [2.45, 2.75) is 25.7 Å². The number of likely N-dealkylation sites (tertiary alicyclic amines) is 1. The smallest absolute Gasteiger partial charge is 0.303 e. The van der Waals surface area contributed by atoms with Gasteiger partial charge in [-0.1, -0.05) is 29.3 Å². The van der Waals surface area contributed by atoms with E-state index in [9.17, 15) is 9.59 Å². The number of rotatable bonds is 6. The van der Waals surface area contributed by atoms with Crippen LogP contribution in [0.1, 0.15) is 25.7 Å². The molecule has 0 radical (unpaired) electrons. The van der Waals surface area contributed by atoms with Crippen molar-refractivity contribution in [3.05, 3.63) is 28.2 Å². The summed E-state index contributed by atoms with van der Waals surface area (Å²) in [6, 6.07) is 5.10. The fourth-order valence-corrected chi connectivity index (χ4v) is 3.20. The highest BCUT2D eigenvalue weighted by atomic mass is 35.5. The predicted octanol–water partition coefficient (Wildman–Crippen LogP) is 3.51. The normalized spacial score (nSPS) is 18.6. The minimum atomic E-state index is -0.768. The summed E-state index contributed by atoms with van der Waals surface area (Å²) in [6.07, 6.45) is 2.84. The number of piperidine rings is 1. The number of carboxylic acids is 1. The average Bonchev–Trinajstić information content (AvgIpc) is 2.50. The molecule has 5 nitrogen and oxygen atoms in total. The lowest BCUT2D eigenvalue weighted by molar-refractivity contribution is -0.137. The van der Waals surface area contributed by atoms with Crippen LogP contribution < -0.4 is 5.32 Å². The van der Waals surface area contributed by atoms with Crippen molar-refractivity contribution >= 4 is 40.8 Å². The summed E-state index contributed by atoms with van der Waals surface area (Å²) in [7, 11) is 0. The number of carbonyl (C=O) groups is 2. The number of amides is 1. The number of anilines is 1. The van der Waals surface area contributed by atoms with Gasteiger partial charge in [-0.25, -0.2) is 0 Å². The van der Waals surface area contributed by atoms with Crippen LogP contribution in [0.25, 0.3) is 0 Å². The Bertz CT molecular complexity index is 580. The van der Waals surface area contributed by atoms with Gasteiger partial charge in [0.25, 0.3) is 0 Å². The molecule has 1 amide bonds. The van der Waals surface area contributed by atoms with Crippen molar-refractivity contribution in [2.24, 2.45) is 5.92 Å². The van der Waals surface area contributed by atoms with Gasteiger partial charge in [-0.05, 0) is 43.9 Å². The Morgan fingerprint density at radius 1 is 1.35 bits per heavy atom. The number of hydrogen-bond donors (Lipinski definition) is 2. The number of halogens is 2. The molecule has 1 aliphatic rings. The zero-order chi connectivity index (χ0) is 16.8. The zero-order valence-corrected chi connectivity index (χ0v) is 14.2. The maximum atomic E-state index is 12.2. The van der Waals surface area contributed by atoms with E-state index in [1.54, 1.807) is 18.2 Å². The molecule has 0 bridgehead atoms. The third-order valence-corrected chi connectivity index (χ3v) is 4.78. The van der Waals surface area contributed by atoms with E-state index < -0.39 is 5.97 Å². The molecule has 1 fully saturated rings. The lowest BCUT2D eigenvalue weighted by Crippen LogP contribution is -2.40. The summed E-state index contributed by atoms with van der Waals surface area (Å²) in [5, 5.41) is 12.3. The second-order valence-corrected chi connectivity index (χ2v) is 6.61. The van der Waals surface area contributed by atoms with Crippen LogP contribution in [0.15, 0.2) is 18.2 Å². The van der Waals surface area contributed by atoms with Crippen LogP contribution in [-0.2, 0) is 9.59 Å². The van der Waals surface area contributed by atoms with Crippen molar-refractivity contribution in [3.8, 4) is 0 Å². The maximum Gasteiger partial charge on any atom is 0.303 e. The van der Waals surface area contributed by atoms with Crippen molar-refractivity contribution in [2.75, 3.05) is 25.0 Å². The highest BCUT2D eigenvalue weighted by Crippen LogP contribution is 2.29.